The molecule has 0 aromatic rings. The Morgan fingerprint density at radius 3 is 2.65 bits per heavy atom. The minimum absolute atomic E-state index is 0.335. The third-order valence-electron chi connectivity index (χ3n) is 4.77. The minimum Gasteiger partial charge on any atom is -0.383 e. The summed E-state index contributed by atoms with van der Waals surface area (Å²) in [5, 5.41) is 3.48. The molecule has 1 aliphatic heterocycles. The Morgan fingerprint density at radius 2 is 2.10 bits per heavy atom. The number of rotatable bonds is 6. The number of methoxy groups -OCH3 is 1. The molecule has 1 saturated carbocycles. The lowest BCUT2D eigenvalue weighted by Gasteiger charge is -2.47. The van der Waals surface area contributed by atoms with Gasteiger partial charge in [-0.25, -0.2) is 0 Å². The van der Waals surface area contributed by atoms with Crippen molar-refractivity contribution in [3.63, 3.8) is 0 Å². The van der Waals surface area contributed by atoms with Crippen LogP contribution in [0.2, 0.25) is 0 Å². The van der Waals surface area contributed by atoms with Gasteiger partial charge in [-0.05, 0) is 26.9 Å². The molecule has 5 heteroatoms. The van der Waals surface area contributed by atoms with Gasteiger partial charge in [0.05, 0.1) is 19.8 Å². The largest absolute Gasteiger partial charge is 0.383 e. The zero-order chi connectivity index (χ0) is 14.6. The van der Waals surface area contributed by atoms with E-state index in [1.54, 1.807) is 7.11 Å². The van der Waals surface area contributed by atoms with Crippen LogP contribution >= 0.6 is 0 Å². The van der Waals surface area contributed by atoms with E-state index < -0.39 is 0 Å². The first-order valence-corrected chi connectivity index (χ1v) is 7.85. The van der Waals surface area contributed by atoms with Crippen molar-refractivity contribution in [1.82, 2.24) is 10.2 Å². The highest BCUT2D eigenvalue weighted by Gasteiger charge is 2.46. The number of likely N-dealkylation sites (N-methyl/N-ethyl adjacent to an activating group) is 2. The Bertz CT molecular complexity index is 295. The SMILES string of the molecule is CCN(C(C)COC)C1CC2(CCC1NC)OCCO2. The third kappa shape index (κ3) is 3.34. The molecular weight excluding hydrogens is 256 g/mol. The standard InChI is InChI=1S/C15H30N2O3/c1-5-17(12(2)11-18-4)14-10-15(19-8-9-20-15)7-6-13(14)16-3/h12-14,16H,5-11H2,1-4H3. The van der Waals surface area contributed by atoms with E-state index in [1.807, 2.05) is 0 Å². The van der Waals surface area contributed by atoms with Crippen LogP contribution in [0.5, 0.6) is 0 Å². The molecule has 1 N–H and O–H groups in total. The second kappa shape index (κ2) is 7.18. The van der Waals surface area contributed by atoms with E-state index in [1.165, 1.54) is 0 Å². The van der Waals surface area contributed by atoms with Crippen molar-refractivity contribution in [2.75, 3.05) is 40.5 Å². The van der Waals surface area contributed by atoms with Crippen molar-refractivity contribution in [3.05, 3.63) is 0 Å². The molecule has 3 unspecified atom stereocenters. The summed E-state index contributed by atoms with van der Waals surface area (Å²) in [5.74, 6) is -0.335. The third-order valence-corrected chi connectivity index (χ3v) is 4.77. The summed E-state index contributed by atoms with van der Waals surface area (Å²) in [6.07, 6.45) is 3.03. The zero-order valence-corrected chi connectivity index (χ0v) is 13.4. The van der Waals surface area contributed by atoms with Crippen molar-refractivity contribution in [3.8, 4) is 0 Å². The zero-order valence-electron chi connectivity index (χ0n) is 13.4. The average Bonchev–Trinajstić information content (AvgIpc) is 2.88. The maximum atomic E-state index is 5.93. The molecule has 2 fully saturated rings. The number of ether oxygens (including phenoxy) is 3. The van der Waals surface area contributed by atoms with Gasteiger partial charge in [0.2, 0.25) is 0 Å². The summed E-state index contributed by atoms with van der Waals surface area (Å²) in [6, 6.07) is 1.33. The normalized spacial score (nSPS) is 31.1. The van der Waals surface area contributed by atoms with Crippen LogP contribution in [0.1, 0.15) is 33.1 Å². The summed E-state index contributed by atoms with van der Waals surface area (Å²) < 4.78 is 17.2. The molecule has 20 heavy (non-hydrogen) atoms. The molecule has 0 aromatic carbocycles. The lowest BCUT2D eigenvalue weighted by Crippen LogP contribution is -2.59. The number of hydrogen-bond donors (Lipinski definition) is 1. The smallest absolute Gasteiger partial charge is 0.170 e. The molecule has 0 aromatic heterocycles. The van der Waals surface area contributed by atoms with Crippen molar-refractivity contribution >= 4 is 0 Å². The van der Waals surface area contributed by atoms with Crippen molar-refractivity contribution in [1.29, 1.82) is 0 Å². The van der Waals surface area contributed by atoms with Crippen LogP contribution in [0.15, 0.2) is 0 Å². The predicted molar refractivity (Wildman–Crippen MR) is 78.8 cm³/mol. The highest BCUT2D eigenvalue weighted by atomic mass is 16.7. The van der Waals surface area contributed by atoms with Gasteiger partial charge in [-0.1, -0.05) is 6.92 Å². The van der Waals surface area contributed by atoms with Gasteiger partial charge in [-0.15, -0.1) is 0 Å². The van der Waals surface area contributed by atoms with E-state index in [0.717, 1.165) is 45.6 Å². The average molecular weight is 286 g/mol. The van der Waals surface area contributed by atoms with Crippen LogP contribution in [0.4, 0.5) is 0 Å². The lowest BCUT2D eigenvalue weighted by atomic mass is 9.84. The molecule has 0 bridgehead atoms. The number of hydrogen-bond acceptors (Lipinski definition) is 5. The first-order chi connectivity index (χ1) is 9.65. The van der Waals surface area contributed by atoms with E-state index in [2.05, 4.69) is 31.1 Å². The van der Waals surface area contributed by atoms with Crippen LogP contribution < -0.4 is 5.32 Å². The highest BCUT2D eigenvalue weighted by Crippen LogP contribution is 2.38. The molecule has 118 valence electrons. The van der Waals surface area contributed by atoms with Gasteiger partial charge in [0.1, 0.15) is 0 Å². The van der Waals surface area contributed by atoms with Crippen LogP contribution in [0, 0.1) is 0 Å². The molecule has 1 heterocycles. The Balaban J connectivity index is 2.10. The molecule has 2 rings (SSSR count). The van der Waals surface area contributed by atoms with E-state index in [4.69, 9.17) is 14.2 Å². The van der Waals surface area contributed by atoms with E-state index in [9.17, 15) is 0 Å². The molecule has 2 aliphatic rings. The van der Waals surface area contributed by atoms with Gasteiger partial charge >= 0.3 is 0 Å². The van der Waals surface area contributed by atoms with Gasteiger partial charge < -0.3 is 19.5 Å². The number of nitrogens with one attached hydrogen (secondary N) is 1. The molecule has 1 spiro atoms. The first kappa shape index (κ1) is 16.2. The molecule has 1 saturated heterocycles. The summed E-state index contributed by atoms with van der Waals surface area (Å²) in [4.78, 5) is 2.52. The van der Waals surface area contributed by atoms with E-state index in [-0.39, 0.29) is 5.79 Å². The second-order valence-electron chi connectivity index (χ2n) is 5.95. The topological polar surface area (TPSA) is 43.0 Å². The van der Waals surface area contributed by atoms with Gasteiger partial charge in [-0.3, -0.25) is 4.90 Å². The lowest BCUT2D eigenvalue weighted by molar-refractivity contribution is -0.195. The minimum atomic E-state index is -0.335. The van der Waals surface area contributed by atoms with Crippen LogP contribution in [0.25, 0.3) is 0 Å². The van der Waals surface area contributed by atoms with Crippen LogP contribution in [-0.2, 0) is 14.2 Å². The first-order valence-electron chi connectivity index (χ1n) is 7.85. The summed E-state index contributed by atoms with van der Waals surface area (Å²) in [6.45, 7) is 7.69. The van der Waals surface area contributed by atoms with Gasteiger partial charge in [0.15, 0.2) is 5.79 Å². The fraction of sp³-hybridized carbons (Fsp3) is 1.00. The van der Waals surface area contributed by atoms with Crippen LogP contribution in [-0.4, -0.2) is 69.3 Å². The fourth-order valence-corrected chi connectivity index (χ4v) is 3.79. The second-order valence-corrected chi connectivity index (χ2v) is 5.95. The fourth-order valence-electron chi connectivity index (χ4n) is 3.79. The van der Waals surface area contributed by atoms with Crippen molar-refractivity contribution < 1.29 is 14.2 Å². The van der Waals surface area contributed by atoms with E-state index >= 15 is 0 Å². The Kier molecular flexibility index (Phi) is 5.81. The summed E-state index contributed by atoms with van der Waals surface area (Å²) in [7, 11) is 3.83. The molecule has 3 atom stereocenters. The van der Waals surface area contributed by atoms with Crippen LogP contribution in [0.3, 0.4) is 0 Å². The predicted octanol–water partition coefficient (Wildman–Crippen LogP) is 1.23. The van der Waals surface area contributed by atoms with Crippen molar-refractivity contribution in [2.24, 2.45) is 0 Å². The van der Waals surface area contributed by atoms with Crippen molar-refractivity contribution in [2.45, 2.75) is 57.0 Å². The summed E-state index contributed by atoms with van der Waals surface area (Å²) in [5.41, 5.74) is 0. The maximum absolute atomic E-state index is 5.93. The molecule has 1 aliphatic carbocycles. The highest BCUT2D eigenvalue weighted by molar-refractivity contribution is 4.97. The van der Waals surface area contributed by atoms with Gasteiger partial charge in [-0.2, -0.15) is 0 Å². The Morgan fingerprint density at radius 1 is 1.40 bits per heavy atom. The Hall–Kier alpha value is -0.200. The Labute approximate surface area is 122 Å². The van der Waals surface area contributed by atoms with Gasteiger partial charge in [0.25, 0.3) is 0 Å². The molecule has 0 radical (unpaired) electrons. The van der Waals surface area contributed by atoms with E-state index in [0.29, 0.717) is 18.1 Å². The molecular formula is C15H30N2O3. The molecule has 5 nitrogen and oxygen atoms in total. The number of nitrogens with zero attached hydrogens (tertiary/aromatic N) is 1. The molecule has 0 amide bonds. The monoisotopic (exact) mass is 286 g/mol. The summed E-state index contributed by atoms with van der Waals surface area (Å²) >= 11 is 0. The quantitative estimate of drug-likeness (QED) is 0.795. The van der Waals surface area contributed by atoms with Gasteiger partial charge in [0, 0.05) is 38.1 Å². The maximum Gasteiger partial charge on any atom is 0.170 e.